The molecule has 19 heavy (non-hydrogen) atoms. The summed E-state index contributed by atoms with van der Waals surface area (Å²) in [6.45, 7) is 5.28. The number of rotatable bonds is 6. The van der Waals surface area contributed by atoms with E-state index in [2.05, 4.69) is 24.2 Å². The molecule has 1 aliphatic heterocycles. The zero-order valence-electron chi connectivity index (χ0n) is 12.1. The van der Waals surface area contributed by atoms with Gasteiger partial charge in [0.15, 0.2) is 0 Å². The van der Waals surface area contributed by atoms with Crippen LogP contribution in [0.4, 0.5) is 0 Å². The lowest BCUT2D eigenvalue weighted by Gasteiger charge is -2.39. The van der Waals surface area contributed by atoms with Crippen LogP contribution in [0.5, 0.6) is 5.75 Å². The lowest BCUT2D eigenvalue weighted by Crippen LogP contribution is -2.51. The first-order valence-corrected chi connectivity index (χ1v) is 7.40. The van der Waals surface area contributed by atoms with Gasteiger partial charge in [-0.1, -0.05) is 24.6 Å². The van der Waals surface area contributed by atoms with Crippen LogP contribution < -0.4 is 10.1 Å². The highest BCUT2D eigenvalue weighted by Gasteiger charge is 2.26. The molecule has 1 fully saturated rings. The second-order valence-electron chi connectivity index (χ2n) is 5.34. The quantitative estimate of drug-likeness (QED) is 0.852. The van der Waals surface area contributed by atoms with Crippen molar-refractivity contribution in [1.82, 2.24) is 10.2 Å². The fourth-order valence-electron chi connectivity index (χ4n) is 2.85. The van der Waals surface area contributed by atoms with Crippen LogP contribution in [0, 0.1) is 0 Å². The zero-order valence-corrected chi connectivity index (χ0v) is 12.1. The lowest BCUT2D eigenvalue weighted by molar-refractivity contribution is 0.102. The van der Waals surface area contributed by atoms with Gasteiger partial charge in [0, 0.05) is 18.6 Å². The Bertz CT molecular complexity index is 355. The molecule has 0 spiro atoms. The maximum Gasteiger partial charge on any atom is 0.119 e. The molecular formula is C16H26N2O. The number of hydrogen-bond donors (Lipinski definition) is 1. The molecule has 2 unspecified atom stereocenters. The summed E-state index contributed by atoms with van der Waals surface area (Å²) in [6.07, 6.45) is 3.97. The van der Waals surface area contributed by atoms with Crippen LogP contribution in [0.25, 0.3) is 0 Å². The lowest BCUT2D eigenvalue weighted by atomic mass is 9.96. The van der Waals surface area contributed by atoms with Crippen LogP contribution in [-0.2, 0) is 0 Å². The zero-order chi connectivity index (χ0) is 13.5. The first-order chi connectivity index (χ1) is 9.31. The first-order valence-electron chi connectivity index (χ1n) is 7.40. The van der Waals surface area contributed by atoms with Crippen molar-refractivity contribution in [1.29, 1.82) is 0 Å². The van der Waals surface area contributed by atoms with Gasteiger partial charge in [-0.15, -0.1) is 0 Å². The SMILES string of the molecule is CNC(C)C1CCCCN1CCOc1ccccc1. The number of nitrogens with zero attached hydrogens (tertiary/aromatic N) is 1. The van der Waals surface area contributed by atoms with Gasteiger partial charge in [0.2, 0.25) is 0 Å². The Morgan fingerprint density at radius 1 is 1.32 bits per heavy atom. The minimum Gasteiger partial charge on any atom is -0.492 e. The third-order valence-corrected chi connectivity index (χ3v) is 4.09. The van der Waals surface area contributed by atoms with E-state index < -0.39 is 0 Å². The minimum absolute atomic E-state index is 0.553. The average Bonchev–Trinajstić information content (AvgIpc) is 2.48. The summed E-state index contributed by atoms with van der Waals surface area (Å²) >= 11 is 0. The van der Waals surface area contributed by atoms with Gasteiger partial charge < -0.3 is 10.1 Å². The summed E-state index contributed by atoms with van der Waals surface area (Å²) in [5.41, 5.74) is 0. The maximum atomic E-state index is 5.81. The van der Waals surface area contributed by atoms with Crippen molar-refractivity contribution in [2.45, 2.75) is 38.3 Å². The molecule has 1 aromatic carbocycles. The Morgan fingerprint density at radius 3 is 2.84 bits per heavy atom. The van der Waals surface area contributed by atoms with Crippen molar-refractivity contribution < 1.29 is 4.74 Å². The molecule has 3 nitrogen and oxygen atoms in total. The van der Waals surface area contributed by atoms with Crippen molar-refractivity contribution in [3.63, 3.8) is 0 Å². The number of ether oxygens (including phenoxy) is 1. The molecule has 1 aliphatic rings. The number of para-hydroxylation sites is 1. The number of piperidine rings is 1. The molecule has 0 saturated carbocycles. The van der Waals surface area contributed by atoms with Crippen LogP contribution in [0.3, 0.4) is 0 Å². The van der Waals surface area contributed by atoms with Crippen molar-refractivity contribution in [3.05, 3.63) is 30.3 Å². The van der Waals surface area contributed by atoms with E-state index in [0.717, 1.165) is 18.9 Å². The predicted molar refractivity (Wildman–Crippen MR) is 79.7 cm³/mol. The highest BCUT2D eigenvalue weighted by molar-refractivity contribution is 5.20. The van der Waals surface area contributed by atoms with E-state index in [1.54, 1.807) is 0 Å². The van der Waals surface area contributed by atoms with E-state index in [0.29, 0.717) is 12.1 Å². The van der Waals surface area contributed by atoms with Crippen LogP contribution in [0.2, 0.25) is 0 Å². The molecule has 1 aromatic rings. The van der Waals surface area contributed by atoms with Gasteiger partial charge in [-0.3, -0.25) is 4.90 Å². The molecule has 1 saturated heterocycles. The smallest absolute Gasteiger partial charge is 0.119 e. The van der Waals surface area contributed by atoms with Crippen LogP contribution in [0.1, 0.15) is 26.2 Å². The normalized spacial score (nSPS) is 22.1. The molecule has 0 amide bonds. The van der Waals surface area contributed by atoms with E-state index in [9.17, 15) is 0 Å². The summed E-state index contributed by atoms with van der Waals surface area (Å²) in [5.74, 6) is 0.970. The molecular weight excluding hydrogens is 236 g/mol. The number of benzene rings is 1. The number of likely N-dealkylation sites (N-methyl/N-ethyl adjacent to an activating group) is 1. The van der Waals surface area contributed by atoms with Gasteiger partial charge in [-0.25, -0.2) is 0 Å². The summed E-state index contributed by atoms with van der Waals surface area (Å²) in [5, 5.41) is 3.39. The third kappa shape index (κ3) is 4.22. The van der Waals surface area contributed by atoms with E-state index in [1.165, 1.54) is 25.8 Å². The monoisotopic (exact) mass is 262 g/mol. The molecule has 2 atom stereocenters. The van der Waals surface area contributed by atoms with Gasteiger partial charge in [0.05, 0.1) is 0 Å². The largest absolute Gasteiger partial charge is 0.492 e. The fourth-order valence-corrected chi connectivity index (χ4v) is 2.85. The van der Waals surface area contributed by atoms with Crippen LogP contribution >= 0.6 is 0 Å². The highest BCUT2D eigenvalue weighted by Crippen LogP contribution is 2.19. The first kappa shape index (κ1) is 14.4. The van der Waals surface area contributed by atoms with E-state index in [-0.39, 0.29) is 0 Å². The Kier molecular flexibility index (Phi) is 5.67. The Hall–Kier alpha value is -1.06. The number of likely N-dealkylation sites (tertiary alicyclic amines) is 1. The van der Waals surface area contributed by atoms with Gasteiger partial charge in [0.1, 0.15) is 12.4 Å². The number of hydrogen-bond acceptors (Lipinski definition) is 3. The summed E-state index contributed by atoms with van der Waals surface area (Å²) in [6, 6.07) is 11.3. The van der Waals surface area contributed by atoms with Crippen molar-refractivity contribution in [3.8, 4) is 5.75 Å². The molecule has 0 aromatic heterocycles. The molecule has 106 valence electrons. The second-order valence-corrected chi connectivity index (χ2v) is 5.34. The third-order valence-electron chi connectivity index (χ3n) is 4.09. The standard InChI is InChI=1S/C16H26N2O/c1-14(17-2)16-10-6-7-11-18(16)12-13-19-15-8-4-3-5-9-15/h3-5,8-9,14,16-17H,6-7,10-13H2,1-2H3. The topological polar surface area (TPSA) is 24.5 Å². The summed E-state index contributed by atoms with van der Waals surface area (Å²) in [4.78, 5) is 2.58. The van der Waals surface area contributed by atoms with Gasteiger partial charge in [-0.05, 0) is 45.5 Å². The number of nitrogens with one attached hydrogen (secondary N) is 1. The Balaban J connectivity index is 1.79. The van der Waals surface area contributed by atoms with Crippen molar-refractivity contribution in [2.24, 2.45) is 0 Å². The Labute approximate surface area is 116 Å². The van der Waals surface area contributed by atoms with Gasteiger partial charge in [0.25, 0.3) is 0 Å². The average molecular weight is 262 g/mol. The van der Waals surface area contributed by atoms with Crippen LogP contribution in [-0.4, -0.2) is 43.7 Å². The molecule has 2 rings (SSSR count). The maximum absolute atomic E-state index is 5.81. The van der Waals surface area contributed by atoms with Crippen molar-refractivity contribution >= 4 is 0 Å². The van der Waals surface area contributed by atoms with E-state index in [1.807, 2.05) is 30.3 Å². The second kappa shape index (κ2) is 7.51. The van der Waals surface area contributed by atoms with Gasteiger partial charge in [-0.2, -0.15) is 0 Å². The highest BCUT2D eigenvalue weighted by atomic mass is 16.5. The summed E-state index contributed by atoms with van der Waals surface area (Å²) < 4.78 is 5.81. The van der Waals surface area contributed by atoms with Gasteiger partial charge >= 0.3 is 0 Å². The Morgan fingerprint density at radius 2 is 2.11 bits per heavy atom. The molecule has 0 bridgehead atoms. The molecule has 1 heterocycles. The fraction of sp³-hybridized carbons (Fsp3) is 0.625. The molecule has 0 radical (unpaired) electrons. The van der Waals surface area contributed by atoms with Crippen molar-refractivity contribution in [2.75, 3.05) is 26.7 Å². The molecule has 1 N–H and O–H groups in total. The predicted octanol–water partition coefficient (Wildman–Crippen LogP) is 2.53. The van der Waals surface area contributed by atoms with E-state index >= 15 is 0 Å². The minimum atomic E-state index is 0.553. The van der Waals surface area contributed by atoms with Crippen LogP contribution in [0.15, 0.2) is 30.3 Å². The molecule has 3 heteroatoms. The summed E-state index contributed by atoms with van der Waals surface area (Å²) in [7, 11) is 2.05. The van der Waals surface area contributed by atoms with E-state index in [4.69, 9.17) is 4.74 Å². The molecule has 0 aliphatic carbocycles.